The summed E-state index contributed by atoms with van der Waals surface area (Å²) in [5, 5.41) is 11.6. The number of hydrogen-bond donors (Lipinski definition) is 2. The third-order valence-corrected chi connectivity index (χ3v) is 3.76. The van der Waals surface area contributed by atoms with Crippen LogP contribution in [0.3, 0.4) is 0 Å². The lowest BCUT2D eigenvalue weighted by Gasteiger charge is -2.22. The molecule has 1 fully saturated rings. The van der Waals surface area contributed by atoms with Gasteiger partial charge in [0.2, 0.25) is 0 Å². The van der Waals surface area contributed by atoms with Gasteiger partial charge in [0.1, 0.15) is 0 Å². The largest absolute Gasteiger partial charge is 0.481 e. The average Bonchev–Trinajstić information content (AvgIpc) is 2.83. The minimum Gasteiger partial charge on any atom is -0.481 e. The lowest BCUT2D eigenvalue weighted by Crippen LogP contribution is -2.42. The standard InChI is InChI=1S/C13H25N3O3/c1-4-10(7-12(17)18)8-14-13(19)16-6-5-11(9-16)15(2)3/h10-11H,4-9H2,1-3H3,(H,14,19)(H,17,18). The number of carbonyl (C=O) groups is 2. The van der Waals surface area contributed by atoms with E-state index in [1.165, 1.54) is 0 Å². The number of aliphatic carboxylic acids is 1. The summed E-state index contributed by atoms with van der Waals surface area (Å²) in [5.41, 5.74) is 0. The number of likely N-dealkylation sites (N-methyl/N-ethyl adjacent to an activating group) is 1. The number of carboxylic acids is 1. The number of nitrogens with zero attached hydrogens (tertiary/aromatic N) is 2. The molecule has 2 unspecified atom stereocenters. The number of urea groups is 1. The normalized spacial score (nSPS) is 20.6. The van der Waals surface area contributed by atoms with Crippen LogP contribution in [-0.2, 0) is 4.79 Å². The number of hydrogen-bond acceptors (Lipinski definition) is 3. The lowest BCUT2D eigenvalue weighted by atomic mass is 10.0. The predicted molar refractivity (Wildman–Crippen MR) is 73.1 cm³/mol. The van der Waals surface area contributed by atoms with E-state index in [2.05, 4.69) is 10.2 Å². The Balaban J connectivity index is 2.33. The van der Waals surface area contributed by atoms with E-state index in [9.17, 15) is 9.59 Å². The summed E-state index contributed by atoms with van der Waals surface area (Å²) in [7, 11) is 4.04. The van der Waals surface area contributed by atoms with Gasteiger partial charge in [-0.05, 0) is 26.4 Å². The van der Waals surface area contributed by atoms with Gasteiger partial charge in [-0.15, -0.1) is 0 Å². The van der Waals surface area contributed by atoms with Crippen LogP contribution < -0.4 is 5.32 Å². The number of rotatable bonds is 6. The minimum absolute atomic E-state index is 0.00805. The fourth-order valence-corrected chi connectivity index (χ4v) is 2.30. The SMILES string of the molecule is CCC(CNC(=O)N1CCC(N(C)C)C1)CC(=O)O. The molecule has 1 aliphatic rings. The Morgan fingerprint density at radius 3 is 2.63 bits per heavy atom. The van der Waals surface area contributed by atoms with Crippen LogP contribution in [0.25, 0.3) is 0 Å². The van der Waals surface area contributed by atoms with E-state index in [1.54, 1.807) is 4.90 Å². The smallest absolute Gasteiger partial charge is 0.317 e. The highest BCUT2D eigenvalue weighted by Crippen LogP contribution is 2.13. The van der Waals surface area contributed by atoms with Gasteiger partial charge < -0.3 is 20.2 Å². The van der Waals surface area contributed by atoms with Gasteiger partial charge in [0.25, 0.3) is 0 Å². The van der Waals surface area contributed by atoms with Crippen LogP contribution in [-0.4, -0.2) is 66.7 Å². The molecule has 1 heterocycles. The first kappa shape index (κ1) is 15.8. The summed E-state index contributed by atoms with van der Waals surface area (Å²) in [6.45, 7) is 3.89. The highest BCUT2D eigenvalue weighted by molar-refractivity contribution is 5.74. The molecule has 1 rings (SSSR count). The summed E-state index contributed by atoms with van der Waals surface area (Å²) in [6.07, 6.45) is 1.86. The van der Waals surface area contributed by atoms with Crippen LogP contribution in [0.15, 0.2) is 0 Å². The molecule has 1 saturated heterocycles. The molecule has 2 amide bonds. The number of amides is 2. The maximum absolute atomic E-state index is 12.0. The number of carbonyl (C=O) groups excluding carboxylic acids is 1. The molecular formula is C13H25N3O3. The molecule has 6 heteroatoms. The van der Waals surface area contributed by atoms with Gasteiger partial charge in [0.15, 0.2) is 0 Å². The van der Waals surface area contributed by atoms with E-state index in [0.717, 1.165) is 25.9 Å². The van der Waals surface area contributed by atoms with Crippen LogP contribution in [0.1, 0.15) is 26.2 Å². The third-order valence-electron chi connectivity index (χ3n) is 3.76. The molecule has 19 heavy (non-hydrogen) atoms. The maximum atomic E-state index is 12.0. The van der Waals surface area contributed by atoms with Gasteiger partial charge in [0.05, 0.1) is 0 Å². The second kappa shape index (κ2) is 7.33. The predicted octanol–water partition coefficient (Wildman–Crippen LogP) is 0.833. The van der Waals surface area contributed by atoms with Gasteiger partial charge in [-0.2, -0.15) is 0 Å². The summed E-state index contributed by atoms with van der Waals surface area (Å²) in [4.78, 5) is 26.6. The maximum Gasteiger partial charge on any atom is 0.317 e. The molecule has 0 saturated carbocycles. The number of likely N-dealkylation sites (tertiary alicyclic amines) is 1. The van der Waals surface area contributed by atoms with Gasteiger partial charge in [-0.25, -0.2) is 4.79 Å². The molecule has 0 spiro atoms. The summed E-state index contributed by atoms with van der Waals surface area (Å²) >= 11 is 0. The highest BCUT2D eigenvalue weighted by atomic mass is 16.4. The van der Waals surface area contributed by atoms with Gasteiger partial charge in [-0.3, -0.25) is 4.79 Å². The first-order valence-electron chi connectivity index (χ1n) is 6.85. The number of carboxylic acid groups (broad SMARTS) is 1. The third kappa shape index (κ3) is 5.06. The molecule has 6 nitrogen and oxygen atoms in total. The zero-order valence-corrected chi connectivity index (χ0v) is 12.1. The number of nitrogens with one attached hydrogen (secondary N) is 1. The topological polar surface area (TPSA) is 72.9 Å². The van der Waals surface area contributed by atoms with E-state index < -0.39 is 5.97 Å². The van der Waals surface area contributed by atoms with Crippen molar-refractivity contribution in [2.24, 2.45) is 5.92 Å². The minimum atomic E-state index is -0.810. The van der Waals surface area contributed by atoms with E-state index in [1.807, 2.05) is 21.0 Å². The first-order valence-corrected chi connectivity index (χ1v) is 6.85. The molecule has 0 aromatic heterocycles. The van der Waals surface area contributed by atoms with E-state index in [0.29, 0.717) is 12.6 Å². The molecule has 2 atom stereocenters. The zero-order valence-electron chi connectivity index (χ0n) is 12.1. The monoisotopic (exact) mass is 271 g/mol. The van der Waals surface area contributed by atoms with Crippen molar-refractivity contribution in [2.45, 2.75) is 32.2 Å². The van der Waals surface area contributed by atoms with Gasteiger partial charge in [0, 0.05) is 32.1 Å². The molecule has 1 aliphatic heterocycles. The molecular weight excluding hydrogens is 246 g/mol. The van der Waals surface area contributed by atoms with Crippen molar-refractivity contribution in [3.05, 3.63) is 0 Å². The molecule has 0 radical (unpaired) electrons. The van der Waals surface area contributed by atoms with Crippen LogP contribution in [0.2, 0.25) is 0 Å². The van der Waals surface area contributed by atoms with E-state index in [-0.39, 0.29) is 18.4 Å². The summed E-state index contributed by atoms with van der Waals surface area (Å²) in [5.74, 6) is -0.802. The van der Waals surface area contributed by atoms with E-state index >= 15 is 0 Å². The van der Waals surface area contributed by atoms with Crippen molar-refractivity contribution in [3.63, 3.8) is 0 Å². The van der Waals surface area contributed by atoms with Crippen LogP contribution in [0, 0.1) is 5.92 Å². The second-order valence-corrected chi connectivity index (χ2v) is 5.41. The van der Waals surface area contributed by atoms with Crippen LogP contribution in [0.5, 0.6) is 0 Å². The fourth-order valence-electron chi connectivity index (χ4n) is 2.30. The van der Waals surface area contributed by atoms with Crippen molar-refractivity contribution in [2.75, 3.05) is 33.7 Å². The molecule has 2 N–H and O–H groups in total. The fraction of sp³-hybridized carbons (Fsp3) is 0.846. The van der Waals surface area contributed by atoms with Crippen molar-refractivity contribution < 1.29 is 14.7 Å². The zero-order chi connectivity index (χ0) is 14.4. The quantitative estimate of drug-likeness (QED) is 0.750. The Kier molecular flexibility index (Phi) is 6.08. The van der Waals surface area contributed by atoms with Crippen molar-refractivity contribution >= 4 is 12.0 Å². The summed E-state index contributed by atoms with van der Waals surface area (Å²) < 4.78 is 0. The Labute approximate surface area is 114 Å². The first-order chi connectivity index (χ1) is 8.93. The average molecular weight is 271 g/mol. The van der Waals surface area contributed by atoms with Crippen molar-refractivity contribution in [1.82, 2.24) is 15.1 Å². The molecule has 0 bridgehead atoms. The Hall–Kier alpha value is -1.30. The lowest BCUT2D eigenvalue weighted by molar-refractivity contribution is -0.138. The molecule has 110 valence electrons. The molecule has 0 aromatic rings. The summed E-state index contributed by atoms with van der Waals surface area (Å²) in [6, 6.07) is 0.347. The van der Waals surface area contributed by atoms with Crippen LogP contribution >= 0.6 is 0 Å². The Morgan fingerprint density at radius 1 is 1.47 bits per heavy atom. The van der Waals surface area contributed by atoms with Crippen molar-refractivity contribution in [3.8, 4) is 0 Å². The molecule has 0 aliphatic carbocycles. The van der Waals surface area contributed by atoms with Crippen molar-refractivity contribution in [1.29, 1.82) is 0 Å². The molecule has 0 aromatic carbocycles. The second-order valence-electron chi connectivity index (χ2n) is 5.41. The Bertz CT molecular complexity index is 320. The van der Waals surface area contributed by atoms with Crippen LogP contribution in [0.4, 0.5) is 4.79 Å². The Morgan fingerprint density at radius 2 is 2.16 bits per heavy atom. The van der Waals surface area contributed by atoms with Gasteiger partial charge in [-0.1, -0.05) is 13.3 Å². The van der Waals surface area contributed by atoms with E-state index in [4.69, 9.17) is 5.11 Å². The van der Waals surface area contributed by atoms with Gasteiger partial charge >= 0.3 is 12.0 Å². The highest BCUT2D eigenvalue weighted by Gasteiger charge is 2.27.